The number of anilines is 4. The maximum Gasteiger partial charge on any atom is 0.229 e. The van der Waals surface area contributed by atoms with Crippen molar-refractivity contribution in [2.45, 2.75) is 13.8 Å². The molecule has 0 amide bonds. The summed E-state index contributed by atoms with van der Waals surface area (Å²) in [6, 6.07) is 16.1. The third-order valence-electron chi connectivity index (χ3n) is 3.26. The summed E-state index contributed by atoms with van der Waals surface area (Å²) in [6.07, 6.45) is 0. The van der Waals surface area contributed by atoms with Crippen LogP contribution in [0, 0.1) is 19.7 Å². The summed E-state index contributed by atoms with van der Waals surface area (Å²) in [5.41, 5.74) is 3.56. The first-order valence-corrected chi connectivity index (χ1v) is 7.30. The first-order chi connectivity index (χ1) is 11.1. The highest BCUT2D eigenvalue weighted by Gasteiger charge is 2.04. The minimum absolute atomic E-state index is 0.293. The summed E-state index contributed by atoms with van der Waals surface area (Å²) in [7, 11) is 0. The lowest BCUT2D eigenvalue weighted by Crippen LogP contribution is -2.02. The molecule has 0 saturated heterocycles. The summed E-state index contributed by atoms with van der Waals surface area (Å²) in [6.45, 7) is 3.92. The van der Waals surface area contributed by atoms with Crippen LogP contribution in [-0.2, 0) is 0 Å². The molecule has 23 heavy (non-hydrogen) atoms. The quantitative estimate of drug-likeness (QED) is 0.732. The summed E-state index contributed by atoms with van der Waals surface area (Å²) in [5.74, 6) is 0.809. The van der Waals surface area contributed by atoms with Crippen molar-refractivity contribution in [2.75, 3.05) is 10.6 Å². The molecule has 0 aliphatic rings. The Labute approximate surface area is 134 Å². The molecule has 0 aliphatic carbocycles. The van der Waals surface area contributed by atoms with Crippen molar-refractivity contribution in [3.05, 3.63) is 71.7 Å². The summed E-state index contributed by atoms with van der Waals surface area (Å²) in [4.78, 5) is 8.79. The SMILES string of the molecule is Cc1ccc(Nc2nc(C)cc(Nc3cccc(F)c3)n2)cc1. The third-order valence-corrected chi connectivity index (χ3v) is 3.26. The summed E-state index contributed by atoms with van der Waals surface area (Å²) >= 11 is 0. The lowest BCUT2D eigenvalue weighted by atomic mass is 10.2. The number of halogens is 1. The van der Waals surface area contributed by atoms with E-state index in [1.54, 1.807) is 12.1 Å². The van der Waals surface area contributed by atoms with Crippen molar-refractivity contribution in [1.29, 1.82) is 0 Å². The van der Waals surface area contributed by atoms with E-state index in [2.05, 4.69) is 20.6 Å². The van der Waals surface area contributed by atoms with Crippen LogP contribution in [0.25, 0.3) is 0 Å². The topological polar surface area (TPSA) is 49.8 Å². The second-order valence-corrected chi connectivity index (χ2v) is 5.34. The highest BCUT2D eigenvalue weighted by Crippen LogP contribution is 2.19. The Morgan fingerprint density at radius 2 is 1.61 bits per heavy atom. The Balaban J connectivity index is 1.82. The first-order valence-electron chi connectivity index (χ1n) is 7.30. The van der Waals surface area contributed by atoms with Crippen LogP contribution in [0.1, 0.15) is 11.3 Å². The molecule has 0 atom stereocenters. The molecular weight excluding hydrogens is 291 g/mol. The second-order valence-electron chi connectivity index (χ2n) is 5.34. The Bertz CT molecular complexity index is 816. The predicted octanol–water partition coefficient (Wildman–Crippen LogP) is 4.72. The molecule has 2 N–H and O–H groups in total. The van der Waals surface area contributed by atoms with E-state index in [1.165, 1.54) is 17.7 Å². The monoisotopic (exact) mass is 308 g/mol. The van der Waals surface area contributed by atoms with Gasteiger partial charge in [0.1, 0.15) is 11.6 Å². The van der Waals surface area contributed by atoms with Crippen molar-refractivity contribution < 1.29 is 4.39 Å². The highest BCUT2D eigenvalue weighted by atomic mass is 19.1. The molecule has 0 spiro atoms. The van der Waals surface area contributed by atoms with E-state index in [4.69, 9.17) is 0 Å². The molecule has 0 unspecified atom stereocenters. The summed E-state index contributed by atoms with van der Waals surface area (Å²) in [5, 5.41) is 6.26. The number of benzene rings is 2. The van der Waals surface area contributed by atoms with Gasteiger partial charge in [-0.25, -0.2) is 9.37 Å². The van der Waals surface area contributed by atoms with E-state index in [-0.39, 0.29) is 5.82 Å². The maximum absolute atomic E-state index is 13.3. The molecular formula is C18H17FN4. The van der Waals surface area contributed by atoms with Crippen LogP contribution >= 0.6 is 0 Å². The summed E-state index contributed by atoms with van der Waals surface area (Å²) < 4.78 is 13.3. The van der Waals surface area contributed by atoms with Gasteiger partial charge in [-0.2, -0.15) is 4.98 Å². The van der Waals surface area contributed by atoms with Crippen LogP contribution < -0.4 is 10.6 Å². The molecule has 2 aromatic carbocycles. The van der Waals surface area contributed by atoms with Crippen LogP contribution in [0.4, 0.5) is 27.5 Å². The normalized spacial score (nSPS) is 10.4. The lowest BCUT2D eigenvalue weighted by Gasteiger charge is -2.10. The van der Waals surface area contributed by atoms with Crippen LogP contribution in [0.15, 0.2) is 54.6 Å². The largest absolute Gasteiger partial charge is 0.340 e. The van der Waals surface area contributed by atoms with E-state index < -0.39 is 0 Å². The lowest BCUT2D eigenvalue weighted by molar-refractivity contribution is 0.628. The van der Waals surface area contributed by atoms with E-state index in [1.807, 2.05) is 44.2 Å². The molecule has 0 radical (unpaired) electrons. The Morgan fingerprint density at radius 1 is 0.826 bits per heavy atom. The number of aromatic nitrogens is 2. The first kappa shape index (κ1) is 15.0. The van der Waals surface area contributed by atoms with Gasteiger partial charge in [0.2, 0.25) is 5.95 Å². The molecule has 3 aromatic rings. The van der Waals surface area contributed by atoms with Crippen LogP contribution in [0.5, 0.6) is 0 Å². The fraction of sp³-hybridized carbons (Fsp3) is 0.111. The van der Waals surface area contributed by atoms with Crippen molar-refractivity contribution in [3.8, 4) is 0 Å². The van der Waals surface area contributed by atoms with Crippen molar-refractivity contribution in [2.24, 2.45) is 0 Å². The molecule has 0 saturated carbocycles. The van der Waals surface area contributed by atoms with Crippen LogP contribution in [0.3, 0.4) is 0 Å². The van der Waals surface area contributed by atoms with Gasteiger partial charge in [0.15, 0.2) is 0 Å². The van der Waals surface area contributed by atoms with Crippen molar-refractivity contribution in [1.82, 2.24) is 9.97 Å². The minimum Gasteiger partial charge on any atom is -0.340 e. The average Bonchev–Trinajstić information content (AvgIpc) is 2.49. The molecule has 3 rings (SSSR count). The number of aryl methyl sites for hydroxylation is 2. The fourth-order valence-corrected chi connectivity index (χ4v) is 2.17. The zero-order valence-corrected chi connectivity index (χ0v) is 13.0. The van der Waals surface area contributed by atoms with Gasteiger partial charge in [-0.15, -0.1) is 0 Å². The van der Waals surface area contributed by atoms with Gasteiger partial charge in [0.25, 0.3) is 0 Å². The van der Waals surface area contributed by atoms with Gasteiger partial charge in [0.05, 0.1) is 0 Å². The molecule has 0 fully saturated rings. The zero-order valence-electron chi connectivity index (χ0n) is 13.0. The molecule has 1 heterocycles. The fourth-order valence-electron chi connectivity index (χ4n) is 2.17. The Hall–Kier alpha value is -2.95. The van der Waals surface area contributed by atoms with Gasteiger partial charge in [0, 0.05) is 23.1 Å². The van der Waals surface area contributed by atoms with E-state index >= 15 is 0 Å². The van der Waals surface area contributed by atoms with Crippen molar-refractivity contribution in [3.63, 3.8) is 0 Å². The van der Waals surface area contributed by atoms with Gasteiger partial charge in [-0.05, 0) is 44.2 Å². The van der Waals surface area contributed by atoms with Crippen molar-refractivity contribution >= 4 is 23.1 Å². The van der Waals surface area contributed by atoms with E-state index in [0.717, 1.165) is 11.4 Å². The Morgan fingerprint density at radius 3 is 2.35 bits per heavy atom. The highest BCUT2D eigenvalue weighted by molar-refractivity contribution is 5.60. The number of hydrogen-bond acceptors (Lipinski definition) is 4. The number of rotatable bonds is 4. The molecule has 5 heteroatoms. The Kier molecular flexibility index (Phi) is 4.19. The molecule has 0 aliphatic heterocycles. The predicted molar refractivity (Wildman–Crippen MR) is 90.9 cm³/mol. The molecule has 4 nitrogen and oxygen atoms in total. The smallest absolute Gasteiger partial charge is 0.229 e. The molecule has 116 valence electrons. The van der Waals surface area contributed by atoms with E-state index in [0.29, 0.717) is 17.5 Å². The number of nitrogens with one attached hydrogen (secondary N) is 2. The zero-order chi connectivity index (χ0) is 16.2. The maximum atomic E-state index is 13.3. The van der Waals surface area contributed by atoms with Gasteiger partial charge in [-0.3, -0.25) is 0 Å². The minimum atomic E-state index is -0.293. The number of nitrogens with zero attached hydrogens (tertiary/aromatic N) is 2. The van der Waals surface area contributed by atoms with Crippen LogP contribution in [-0.4, -0.2) is 9.97 Å². The van der Waals surface area contributed by atoms with Crippen LogP contribution in [0.2, 0.25) is 0 Å². The average molecular weight is 308 g/mol. The van der Waals surface area contributed by atoms with Gasteiger partial charge >= 0.3 is 0 Å². The van der Waals surface area contributed by atoms with E-state index in [9.17, 15) is 4.39 Å². The standard InChI is InChI=1S/C18H17FN4/c1-12-6-8-15(9-7-12)22-18-20-13(2)10-17(23-18)21-16-5-3-4-14(19)11-16/h3-11H,1-2H3,(H2,20,21,22,23). The molecule has 1 aromatic heterocycles. The van der Waals surface area contributed by atoms with Gasteiger partial charge < -0.3 is 10.6 Å². The molecule has 0 bridgehead atoms. The number of hydrogen-bond donors (Lipinski definition) is 2. The van der Waals surface area contributed by atoms with Gasteiger partial charge in [-0.1, -0.05) is 23.8 Å². The third kappa shape index (κ3) is 4.03. The second kappa shape index (κ2) is 6.44.